The van der Waals surface area contributed by atoms with Crippen LogP contribution in [0.3, 0.4) is 0 Å². The van der Waals surface area contributed by atoms with Crippen LogP contribution in [0.5, 0.6) is 0 Å². The molecule has 0 bridgehead atoms. The molecule has 94 valence electrons. The predicted octanol–water partition coefficient (Wildman–Crippen LogP) is 1.54. The van der Waals surface area contributed by atoms with Crippen LogP contribution in [0, 0.1) is 5.92 Å². The van der Waals surface area contributed by atoms with Crippen molar-refractivity contribution in [2.24, 2.45) is 5.92 Å². The number of likely N-dealkylation sites (N-methyl/N-ethyl adjacent to an activating group) is 1. The van der Waals surface area contributed by atoms with Gasteiger partial charge in [0.2, 0.25) is 0 Å². The molecule has 1 rings (SSSR count). The number of thiocarbonyl (C=S) groups is 1. The number of rotatable bonds is 2. The van der Waals surface area contributed by atoms with E-state index in [1.54, 1.807) is 0 Å². The molecule has 0 aromatic rings. The monoisotopic (exact) mass is 243 g/mol. The lowest BCUT2D eigenvalue weighted by molar-refractivity contribution is 0.0739. The Labute approximate surface area is 105 Å². The van der Waals surface area contributed by atoms with Crippen LogP contribution in [0.1, 0.15) is 27.7 Å². The summed E-state index contributed by atoms with van der Waals surface area (Å²) in [5, 5.41) is 4.26. The topological polar surface area (TPSA) is 18.5 Å². The molecule has 1 N–H and O–H groups in total. The van der Waals surface area contributed by atoms with Gasteiger partial charge in [-0.25, -0.2) is 0 Å². The van der Waals surface area contributed by atoms with E-state index in [1.165, 1.54) is 0 Å². The highest BCUT2D eigenvalue weighted by molar-refractivity contribution is 7.80. The second-order valence-corrected chi connectivity index (χ2v) is 6.12. The maximum absolute atomic E-state index is 5.43. The maximum Gasteiger partial charge on any atom is 0.169 e. The molecular weight excluding hydrogens is 218 g/mol. The quantitative estimate of drug-likeness (QED) is 0.741. The first kappa shape index (κ1) is 13.7. The van der Waals surface area contributed by atoms with Crippen LogP contribution in [0.25, 0.3) is 0 Å². The Bertz CT molecular complexity index is 251. The summed E-state index contributed by atoms with van der Waals surface area (Å²) in [5.74, 6) is 0.637. The third-order valence-electron chi connectivity index (χ3n) is 3.27. The molecule has 0 unspecified atom stereocenters. The summed E-state index contributed by atoms with van der Waals surface area (Å²) < 4.78 is 0. The van der Waals surface area contributed by atoms with Crippen LogP contribution in [-0.2, 0) is 0 Å². The second kappa shape index (κ2) is 5.32. The van der Waals surface area contributed by atoms with Crippen molar-refractivity contribution in [3.05, 3.63) is 0 Å². The minimum absolute atomic E-state index is 0.210. The molecule has 0 aromatic heterocycles. The Morgan fingerprint density at radius 1 is 1.38 bits per heavy atom. The third kappa shape index (κ3) is 3.59. The Kier molecular flexibility index (Phi) is 4.56. The number of hydrogen-bond donors (Lipinski definition) is 1. The maximum atomic E-state index is 5.43. The minimum Gasteiger partial charge on any atom is -0.362 e. The van der Waals surface area contributed by atoms with Gasteiger partial charge in [-0.05, 0) is 39.0 Å². The summed E-state index contributed by atoms with van der Waals surface area (Å²) in [6.45, 7) is 13.0. The summed E-state index contributed by atoms with van der Waals surface area (Å²) in [6, 6.07) is 0. The first-order valence-electron chi connectivity index (χ1n) is 6.07. The van der Waals surface area contributed by atoms with E-state index in [4.69, 9.17) is 12.2 Å². The lowest BCUT2D eigenvalue weighted by Gasteiger charge is -2.46. The molecule has 0 amide bonds. The number of nitrogens with one attached hydrogen (secondary N) is 1. The average molecular weight is 243 g/mol. The van der Waals surface area contributed by atoms with Crippen molar-refractivity contribution >= 4 is 17.3 Å². The smallest absolute Gasteiger partial charge is 0.169 e. The molecule has 0 aromatic carbocycles. The Morgan fingerprint density at radius 2 is 2.00 bits per heavy atom. The van der Waals surface area contributed by atoms with Gasteiger partial charge in [0.05, 0.1) is 0 Å². The van der Waals surface area contributed by atoms with Gasteiger partial charge in [-0.2, -0.15) is 0 Å². The molecular formula is C12H25N3S. The van der Waals surface area contributed by atoms with Crippen molar-refractivity contribution in [2.45, 2.75) is 33.2 Å². The third-order valence-corrected chi connectivity index (χ3v) is 3.67. The molecule has 4 heteroatoms. The van der Waals surface area contributed by atoms with Crippen molar-refractivity contribution in [2.75, 3.05) is 33.2 Å². The average Bonchev–Trinajstić information content (AvgIpc) is 2.18. The van der Waals surface area contributed by atoms with E-state index in [0.29, 0.717) is 5.92 Å². The van der Waals surface area contributed by atoms with E-state index < -0.39 is 0 Å². The number of hydrogen-bond acceptors (Lipinski definition) is 2. The fourth-order valence-electron chi connectivity index (χ4n) is 1.82. The van der Waals surface area contributed by atoms with Crippen LogP contribution >= 0.6 is 12.2 Å². The first-order valence-corrected chi connectivity index (χ1v) is 6.48. The molecule has 0 aliphatic carbocycles. The van der Waals surface area contributed by atoms with Gasteiger partial charge in [-0.3, -0.25) is 4.90 Å². The molecule has 16 heavy (non-hydrogen) atoms. The van der Waals surface area contributed by atoms with E-state index in [2.05, 4.69) is 49.9 Å². The van der Waals surface area contributed by atoms with E-state index in [1.807, 2.05) is 0 Å². The zero-order valence-electron chi connectivity index (χ0n) is 11.2. The molecule has 1 aliphatic heterocycles. The van der Waals surface area contributed by atoms with Crippen LogP contribution in [0.15, 0.2) is 0 Å². The van der Waals surface area contributed by atoms with Crippen LogP contribution < -0.4 is 5.32 Å². The molecule has 0 saturated carbocycles. The van der Waals surface area contributed by atoms with E-state index >= 15 is 0 Å². The van der Waals surface area contributed by atoms with Gasteiger partial charge in [0.15, 0.2) is 5.11 Å². The molecule has 0 radical (unpaired) electrons. The Balaban J connectivity index is 2.46. The second-order valence-electron chi connectivity index (χ2n) is 5.74. The van der Waals surface area contributed by atoms with Gasteiger partial charge < -0.3 is 10.2 Å². The fourth-order valence-corrected chi connectivity index (χ4v) is 2.06. The van der Waals surface area contributed by atoms with Crippen molar-refractivity contribution in [1.82, 2.24) is 15.1 Å². The normalized spacial score (nSPS) is 21.2. The van der Waals surface area contributed by atoms with Crippen LogP contribution in [0.4, 0.5) is 0 Å². The largest absolute Gasteiger partial charge is 0.362 e. The van der Waals surface area contributed by atoms with Gasteiger partial charge >= 0.3 is 0 Å². The van der Waals surface area contributed by atoms with E-state index in [-0.39, 0.29) is 5.54 Å². The van der Waals surface area contributed by atoms with Crippen LogP contribution in [0.2, 0.25) is 0 Å². The van der Waals surface area contributed by atoms with Crippen LogP contribution in [-0.4, -0.2) is 53.7 Å². The summed E-state index contributed by atoms with van der Waals surface area (Å²) >= 11 is 5.43. The lowest BCUT2D eigenvalue weighted by atomic mass is 10.0. The lowest BCUT2D eigenvalue weighted by Crippen LogP contribution is -2.60. The van der Waals surface area contributed by atoms with Gasteiger partial charge in [0, 0.05) is 31.7 Å². The highest BCUT2D eigenvalue weighted by atomic mass is 32.1. The van der Waals surface area contributed by atoms with Gasteiger partial charge in [0.25, 0.3) is 0 Å². The molecule has 0 atom stereocenters. The zero-order chi connectivity index (χ0) is 12.3. The zero-order valence-corrected chi connectivity index (χ0v) is 12.0. The molecule has 3 nitrogen and oxygen atoms in total. The molecule has 1 heterocycles. The minimum atomic E-state index is 0.210. The van der Waals surface area contributed by atoms with E-state index in [0.717, 1.165) is 31.3 Å². The highest BCUT2D eigenvalue weighted by Gasteiger charge is 2.31. The standard InChI is InChI=1S/C12H25N3S/c1-10(2)8-13-11(16)15-7-6-14(5)12(3,4)9-15/h10H,6-9H2,1-5H3,(H,13,16). The fraction of sp³-hybridized carbons (Fsp3) is 0.917. The van der Waals surface area contributed by atoms with Gasteiger partial charge in [-0.15, -0.1) is 0 Å². The van der Waals surface area contributed by atoms with Crippen molar-refractivity contribution in [1.29, 1.82) is 0 Å². The molecule has 1 fully saturated rings. The van der Waals surface area contributed by atoms with Crippen molar-refractivity contribution in [3.63, 3.8) is 0 Å². The first-order chi connectivity index (χ1) is 7.33. The number of nitrogens with zero attached hydrogens (tertiary/aromatic N) is 2. The molecule has 1 saturated heterocycles. The Hall–Kier alpha value is -0.350. The predicted molar refractivity (Wildman–Crippen MR) is 73.7 cm³/mol. The van der Waals surface area contributed by atoms with Gasteiger partial charge in [-0.1, -0.05) is 13.8 Å². The molecule has 1 aliphatic rings. The van der Waals surface area contributed by atoms with Crippen molar-refractivity contribution < 1.29 is 0 Å². The van der Waals surface area contributed by atoms with E-state index in [9.17, 15) is 0 Å². The molecule has 0 spiro atoms. The van der Waals surface area contributed by atoms with Crippen molar-refractivity contribution in [3.8, 4) is 0 Å². The van der Waals surface area contributed by atoms with Gasteiger partial charge in [0.1, 0.15) is 0 Å². The summed E-state index contributed by atoms with van der Waals surface area (Å²) in [7, 11) is 2.18. The Morgan fingerprint density at radius 3 is 2.50 bits per heavy atom. The SMILES string of the molecule is CC(C)CNC(=S)N1CCN(C)C(C)(C)C1. The highest BCUT2D eigenvalue weighted by Crippen LogP contribution is 2.18. The number of piperazine rings is 1. The summed E-state index contributed by atoms with van der Waals surface area (Å²) in [6.07, 6.45) is 0. The summed E-state index contributed by atoms with van der Waals surface area (Å²) in [5.41, 5.74) is 0.210. The summed E-state index contributed by atoms with van der Waals surface area (Å²) in [4.78, 5) is 4.69.